The highest BCUT2D eigenvalue weighted by atomic mass is 15.0. The van der Waals surface area contributed by atoms with Gasteiger partial charge in [-0.25, -0.2) is 4.98 Å². The quantitative estimate of drug-likeness (QED) is 0.732. The summed E-state index contributed by atoms with van der Waals surface area (Å²) in [6, 6.07) is 10.9. The zero-order valence-electron chi connectivity index (χ0n) is 11.5. The number of benzene rings is 1. The summed E-state index contributed by atoms with van der Waals surface area (Å²) in [4.78, 5) is 4.21. The smallest absolute Gasteiger partial charge is 0.147 e. The molecule has 1 aromatic carbocycles. The number of nitrogen functional groups attached to an aromatic ring is 1. The Labute approximate surface area is 118 Å². The van der Waals surface area contributed by atoms with Crippen LogP contribution in [0.4, 0.5) is 5.82 Å². The molecule has 2 N–H and O–H groups in total. The number of rotatable bonds is 1. The molecule has 100 valence electrons. The fraction of sp³-hybridized carbons (Fsp3) is 0.235. The summed E-state index contributed by atoms with van der Waals surface area (Å²) < 4.78 is 2.11. The number of aryl methyl sites for hydroxylation is 2. The zero-order chi connectivity index (χ0) is 13.7. The molecule has 0 radical (unpaired) electrons. The van der Waals surface area contributed by atoms with Crippen LogP contribution in [0, 0.1) is 0 Å². The van der Waals surface area contributed by atoms with Crippen molar-refractivity contribution < 1.29 is 0 Å². The van der Waals surface area contributed by atoms with Gasteiger partial charge in [0.05, 0.1) is 5.52 Å². The van der Waals surface area contributed by atoms with Crippen molar-refractivity contribution in [1.82, 2.24) is 9.55 Å². The van der Waals surface area contributed by atoms with Crippen molar-refractivity contribution in [2.24, 2.45) is 7.05 Å². The van der Waals surface area contributed by atoms with Crippen molar-refractivity contribution in [2.75, 3.05) is 5.73 Å². The number of hydrogen-bond acceptors (Lipinski definition) is 2. The first-order chi connectivity index (χ1) is 9.75. The van der Waals surface area contributed by atoms with E-state index >= 15 is 0 Å². The molecule has 0 saturated carbocycles. The fourth-order valence-electron chi connectivity index (χ4n) is 3.57. The van der Waals surface area contributed by atoms with Crippen LogP contribution in [-0.4, -0.2) is 9.55 Å². The molecule has 2 heterocycles. The zero-order valence-corrected chi connectivity index (χ0v) is 11.5. The third-order valence-electron chi connectivity index (χ3n) is 4.46. The van der Waals surface area contributed by atoms with Crippen LogP contribution in [0.3, 0.4) is 0 Å². The molecule has 0 amide bonds. The molecule has 1 unspecified atom stereocenters. The third kappa shape index (κ3) is 1.49. The summed E-state index contributed by atoms with van der Waals surface area (Å²) in [7, 11) is 2.05. The molecule has 2 aromatic heterocycles. The van der Waals surface area contributed by atoms with Crippen LogP contribution in [0.25, 0.3) is 10.9 Å². The van der Waals surface area contributed by atoms with E-state index < -0.39 is 0 Å². The van der Waals surface area contributed by atoms with E-state index in [0.29, 0.717) is 11.7 Å². The average molecular weight is 263 g/mol. The van der Waals surface area contributed by atoms with Crippen molar-refractivity contribution in [2.45, 2.75) is 18.8 Å². The van der Waals surface area contributed by atoms with E-state index in [1.807, 2.05) is 13.2 Å². The second-order valence-electron chi connectivity index (χ2n) is 5.58. The summed E-state index contributed by atoms with van der Waals surface area (Å²) in [5.41, 5.74) is 11.4. The van der Waals surface area contributed by atoms with Crippen molar-refractivity contribution >= 4 is 16.7 Å². The summed E-state index contributed by atoms with van der Waals surface area (Å²) >= 11 is 0. The minimum atomic E-state index is 0.483. The molecule has 1 atom stereocenters. The van der Waals surface area contributed by atoms with E-state index in [-0.39, 0.29) is 0 Å². The lowest BCUT2D eigenvalue weighted by atomic mass is 9.93. The second-order valence-corrected chi connectivity index (χ2v) is 5.58. The van der Waals surface area contributed by atoms with Gasteiger partial charge in [-0.15, -0.1) is 0 Å². The lowest BCUT2D eigenvalue weighted by Gasteiger charge is -2.10. The van der Waals surface area contributed by atoms with Gasteiger partial charge in [-0.05, 0) is 35.6 Å². The number of aromatic nitrogens is 2. The van der Waals surface area contributed by atoms with Crippen molar-refractivity contribution in [3.8, 4) is 0 Å². The highest BCUT2D eigenvalue weighted by Crippen LogP contribution is 2.41. The Balaban J connectivity index is 1.95. The minimum absolute atomic E-state index is 0.483. The van der Waals surface area contributed by atoms with Crippen LogP contribution in [0.15, 0.2) is 42.7 Å². The van der Waals surface area contributed by atoms with E-state index in [9.17, 15) is 0 Å². The molecule has 4 rings (SSSR count). The first kappa shape index (κ1) is 11.5. The van der Waals surface area contributed by atoms with E-state index in [4.69, 9.17) is 5.73 Å². The van der Waals surface area contributed by atoms with Crippen LogP contribution in [-0.2, 0) is 13.5 Å². The molecule has 0 spiro atoms. The number of hydrogen-bond donors (Lipinski definition) is 1. The second kappa shape index (κ2) is 4.10. The van der Waals surface area contributed by atoms with Crippen molar-refractivity contribution in [1.29, 1.82) is 0 Å². The van der Waals surface area contributed by atoms with Gasteiger partial charge in [0.1, 0.15) is 5.82 Å². The standard InChI is InChI=1S/C17H17N3/c1-20-10-15(14-8-9-19-17(18)16(14)20)13-7-6-11-4-2-3-5-12(11)13/h2-5,8-10,13H,6-7H2,1H3,(H2,18,19). The molecule has 3 heteroatoms. The first-order valence-electron chi connectivity index (χ1n) is 7.03. The lowest BCUT2D eigenvalue weighted by molar-refractivity contribution is 0.787. The van der Waals surface area contributed by atoms with Crippen LogP contribution in [0.2, 0.25) is 0 Å². The van der Waals surface area contributed by atoms with E-state index in [1.165, 1.54) is 28.5 Å². The third-order valence-corrected chi connectivity index (χ3v) is 4.46. The summed E-state index contributed by atoms with van der Waals surface area (Å²) in [5.74, 6) is 1.10. The van der Waals surface area contributed by atoms with Gasteiger partial charge in [0, 0.05) is 30.7 Å². The Hall–Kier alpha value is -2.29. The number of pyridine rings is 1. The van der Waals surface area contributed by atoms with Gasteiger partial charge in [-0.1, -0.05) is 24.3 Å². The molecule has 1 aliphatic rings. The predicted octanol–water partition coefficient (Wildman–Crippen LogP) is 3.23. The minimum Gasteiger partial charge on any atom is -0.382 e. The van der Waals surface area contributed by atoms with Crippen LogP contribution >= 0.6 is 0 Å². The van der Waals surface area contributed by atoms with Crippen LogP contribution < -0.4 is 5.73 Å². The Bertz CT molecular complexity index is 801. The van der Waals surface area contributed by atoms with Gasteiger partial charge < -0.3 is 10.3 Å². The first-order valence-corrected chi connectivity index (χ1v) is 7.03. The lowest BCUT2D eigenvalue weighted by Crippen LogP contribution is -1.95. The van der Waals surface area contributed by atoms with Gasteiger partial charge in [0.2, 0.25) is 0 Å². The van der Waals surface area contributed by atoms with Crippen molar-refractivity contribution in [3.05, 3.63) is 59.4 Å². The molecular formula is C17H17N3. The Morgan fingerprint density at radius 3 is 2.95 bits per heavy atom. The molecule has 1 aliphatic carbocycles. The van der Waals surface area contributed by atoms with Gasteiger partial charge in [0.25, 0.3) is 0 Å². The normalized spacial score (nSPS) is 17.6. The molecule has 0 bridgehead atoms. The van der Waals surface area contributed by atoms with Gasteiger partial charge in [-0.3, -0.25) is 0 Å². The summed E-state index contributed by atoms with van der Waals surface area (Å²) in [5, 5.41) is 1.24. The Kier molecular flexibility index (Phi) is 2.36. The molecule has 0 saturated heterocycles. The maximum absolute atomic E-state index is 6.03. The van der Waals surface area contributed by atoms with Gasteiger partial charge in [0.15, 0.2) is 0 Å². The molecule has 20 heavy (non-hydrogen) atoms. The van der Waals surface area contributed by atoms with E-state index in [0.717, 1.165) is 11.9 Å². The molecule has 3 aromatic rings. The van der Waals surface area contributed by atoms with Crippen LogP contribution in [0.5, 0.6) is 0 Å². The number of fused-ring (bicyclic) bond motifs is 2. The Morgan fingerprint density at radius 1 is 1.20 bits per heavy atom. The largest absolute Gasteiger partial charge is 0.382 e. The average Bonchev–Trinajstić information content (AvgIpc) is 3.01. The van der Waals surface area contributed by atoms with Gasteiger partial charge >= 0.3 is 0 Å². The number of nitrogens with two attached hydrogens (primary N) is 1. The SMILES string of the molecule is Cn1cc(C2CCc3ccccc32)c2ccnc(N)c21. The highest BCUT2D eigenvalue weighted by Gasteiger charge is 2.26. The number of nitrogens with zero attached hydrogens (tertiary/aromatic N) is 2. The number of anilines is 1. The molecule has 3 nitrogen and oxygen atoms in total. The summed E-state index contributed by atoms with van der Waals surface area (Å²) in [6.07, 6.45) is 6.37. The predicted molar refractivity (Wildman–Crippen MR) is 81.7 cm³/mol. The van der Waals surface area contributed by atoms with E-state index in [2.05, 4.69) is 46.1 Å². The highest BCUT2D eigenvalue weighted by molar-refractivity contribution is 5.92. The Morgan fingerprint density at radius 2 is 2.05 bits per heavy atom. The molecule has 0 aliphatic heterocycles. The maximum atomic E-state index is 6.03. The monoisotopic (exact) mass is 263 g/mol. The topological polar surface area (TPSA) is 43.8 Å². The van der Waals surface area contributed by atoms with Crippen molar-refractivity contribution in [3.63, 3.8) is 0 Å². The summed E-state index contributed by atoms with van der Waals surface area (Å²) in [6.45, 7) is 0. The fourth-order valence-corrected chi connectivity index (χ4v) is 3.57. The van der Waals surface area contributed by atoms with Crippen LogP contribution in [0.1, 0.15) is 29.0 Å². The molecule has 0 fully saturated rings. The molecular weight excluding hydrogens is 246 g/mol. The maximum Gasteiger partial charge on any atom is 0.147 e. The van der Waals surface area contributed by atoms with Gasteiger partial charge in [-0.2, -0.15) is 0 Å². The van der Waals surface area contributed by atoms with E-state index in [1.54, 1.807) is 0 Å².